The second-order valence-electron chi connectivity index (χ2n) is 4.90. The molecular formula is C19H15IOS. The van der Waals surface area contributed by atoms with Gasteiger partial charge < -0.3 is 0 Å². The molecule has 0 aromatic heterocycles. The maximum atomic E-state index is 12.4. The van der Waals surface area contributed by atoms with Gasteiger partial charge in [0.1, 0.15) is 0 Å². The Bertz CT molecular complexity index is 768. The van der Waals surface area contributed by atoms with Gasteiger partial charge in [-0.05, 0) is 53.4 Å². The average Bonchev–Trinajstić information content (AvgIpc) is 2.58. The number of rotatable bonds is 4. The smallest absolute Gasteiger partial charge is 0.198 e. The van der Waals surface area contributed by atoms with Gasteiger partial charge in [0.05, 0.1) is 3.58 Å². The second-order valence-corrected chi connectivity index (χ2v) is 8.55. The fraction of sp³-hybridized carbons (Fsp3) is 0.0526. The van der Waals surface area contributed by atoms with Crippen LogP contribution in [0.15, 0.2) is 80.1 Å². The highest BCUT2D eigenvalue weighted by atomic mass is 127. The lowest BCUT2D eigenvalue weighted by Crippen LogP contribution is -1.99. The van der Waals surface area contributed by atoms with Crippen LogP contribution in [0.1, 0.15) is 15.9 Å². The standard InChI is InChI=1S/C19H15IOS/c1-14-5-9-16(10-6-14)22-17-11-7-15(8-12-17)19(21)18-4-2-3-13-20-18/h2-13H,1H3. The number of halogens is 1. The average molecular weight is 418 g/mol. The molecule has 0 fully saturated rings. The van der Waals surface area contributed by atoms with Gasteiger partial charge in [-0.2, -0.15) is 0 Å². The van der Waals surface area contributed by atoms with Gasteiger partial charge in [0.2, 0.25) is 0 Å². The van der Waals surface area contributed by atoms with Crippen LogP contribution in [0.4, 0.5) is 0 Å². The molecule has 110 valence electrons. The predicted octanol–water partition coefficient (Wildman–Crippen LogP) is 5.56. The highest BCUT2D eigenvalue weighted by Gasteiger charge is 2.10. The summed E-state index contributed by atoms with van der Waals surface area (Å²) in [5.41, 5.74) is 2.04. The first-order chi connectivity index (χ1) is 10.7. The number of carbonyl (C=O) groups is 1. The van der Waals surface area contributed by atoms with Crippen molar-refractivity contribution in [3.05, 3.63) is 81.5 Å². The van der Waals surface area contributed by atoms with E-state index in [9.17, 15) is 4.79 Å². The zero-order valence-corrected chi connectivity index (χ0v) is 15.1. The molecule has 1 nitrogen and oxygen atoms in total. The molecule has 1 heterocycles. The lowest BCUT2D eigenvalue weighted by molar-refractivity contribution is 0.104. The summed E-state index contributed by atoms with van der Waals surface area (Å²) >= 11 is 1.44. The minimum atomic E-state index is -0.274. The van der Waals surface area contributed by atoms with E-state index < -0.39 is 0 Å². The summed E-state index contributed by atoms with van der Waals surface area (Å²) in [6, 6.07) is 16.4. The van der Waals surface area contributed by atoms with Crippen molar-refractivity contribution in [2.45, 2.75) is 16.7 Å². The molecule has 2 aromatic rings. The molecule has 1 aliphatic heterocycles. The Morgan fingerprint density at radius 2 is 1.55 bits per heavy atom. The molecule has 3 heteroatoms. The van der Waals surface area contributed by atoms with Crippen LogP contribution in [0.25, 0.3) is 0 Å². The Morgan fingerprint density at radius 1 is 0.909 bits per heavy atom. The number of hydrogen-bond acceptors (Lipinski definition) is 2. The van der Waals surface area contributed by atoms with Crippen LogP contribution < -0.4 is 0 Å². The van der Waals surface area contributed by atoms with Crippen molar-refractivity contribution in [2.75, 3.05) is 0 Å². The van der Waals surface area contributed by atoms with E-state index in [1.165, 1.54) is 10.5 Å². The Hall–Kier alpha value is -1.46. The quantitative estimate of drug-likeness (QED) is 0.478. The van der Waals surface area contributed by atoms with Crippen LogP contribution in [0, 0.1) is 6.92 Å². The van der Waals surface area contributed by atoms with E-state index in [0.717, 1.165) is 14.0 Å². The van der Waals surface area contributed by atoms with E-state index in [2.05, 4.69) is 35.2 Å². The maximum Gasteiger partial charge on any atom is 0.198 e. The zero-order chi connectivity index (χ0) is 15.4. The van der Waals surface area contributed by atoms with Gasteiger partial charge in [0, 0.05) is 15.4 Å². The van der Waals surface area contributed by atoms with Gasteiger partial charge in [-0.1, -0.05) is 62.3 Å². The highest BCUT2D eigenvalue weighted by molar-refractivity contribution is 14.2. The fourth-order valence-electron chi connectivity index (χ4n) is 2.00. The van der Waals surface area contributed by atoms with E-state index in [1.54, 1.807) is 11.8 Å². The van der Waals surface area contributed by atoms with Crippen molar-refractivity contribution in [1.82, 2.24) is 0 Å². The Labute approximate surface area is 144 Å². The third-order valence-corrected chi connectivity index (χ3v) is 6.51. The molecule has 3 rings (SSSR count). The number of allylic oxidation sites excluding steroid dienone is 4. The van der Waals surface area contributed by atoms with Crippen molar-refractivity contribution in [2.24, 2.45) is 0 Å². The normalized spacial score (nSPS) is 13.4. The predicted molar refractivity (Wildman–Crippen MR) is 103 cm³/mol. The van der Waals surface area contributed by atoms with Crippen molar-refractivity contribution in [1.29, 1.82) is 0 Å². The summed E-state index contributed by atoms with van der Waals surface area (Å²) in [6.45, 7) is 2.09. The molecule has 0 N–H and O–H groups in total. The Morgan fingerprint density at radius 3 is 2.14 bits per heavy atom. The molecule has 0 spiro atoms. The van der Waals surface area contributed by atoms with Gasteiger partial charge in [0.15, 0.2) is 5.78 Å². The number of hydrogen-bond donors (Lipinski definition) is 0. The Kier molecular flexibility index (Phi) is 5.05. The van der Waals surface area contributed by atoms with E-state index >= 15 is 0 Å². The van der Waals surface area contributed by atoms with Gasteiger partial charge in [-0.3, -0.25) is 4.79 Å². The fourth-order valence-corrected chi connectivity index (χ4v) is 4.66. The minimum Gasteiger partial charge on any atom is -0.288 e. The van der Waals surface area contributed by atoms with Crippen LogP contribution in [-0.4, -0.2) is 9.79 Å². The third-order valence-electron chi connectivity index (χ3n) is 3.20. The van der Waals surface area contributed by atoms with Crippen LogP contribution >= 0.6 is 32.5 Å². The summed E-state index contributed by atoms with van der Waals surface area (Å²) in [6.07, 6.45) is 5.91. The van der Waals surface area contributed by atoms with E-state index in [1.807, 2.05) is 42.5 Å². The van der Waals surface area contributed by atoms with Gasteiger partial charge in [-0.15, -0.1) is 0 Å². The molecular weight excluding hydrogens is 403 g/mol. The lowest BCUT2D eigenvalue weighted by atomic mass is 10.1. The first-order valence-corrected chi connectivity index (χ1v) is 10.1. The molecule has 22 heavy (non-hydrogen) atoms. The molecule has 2 aromatic carbocycles. The first-order valence-electron chi connectivity index (χ1n) is 6.95. The molecule has 0 amide bonds. The van der Waals surface area contributed by atoms with Gasteiger partial charge in [-0.25, -0.2) is 0 Å². The van der Waals surface area contributed by atoms with Crippen LogP contribution in [0.5, 0.6) is 0 Å². The van der Waals surface area contributed by atoms with Crippen LogP contribution in [0.3, 0.4) is 0 Å². The van der Waals surface area contributed by atoms with Crippen LogP contribution in [-0.2, 0) is 0 Å². The summed E-state index contributed by atoms with van der Waals surface area (Å²) < 4.78 is 3.08. The lowest BCUT2D eigenvalue weighted by Gasteiger charge is -2.05. The van der Waals surface area contributed by atoms with Gasteiger partial charge >= 0.3 is 0 Å². The van der Waals surface area contributed by atoms with E-state index in [0.29, 0.717) is 0 Å². The molecule has 0 atom stereocenters. The van der Waals surface area contributed by atoms with Crippen molar-refractivity contribution in [3.63, 3.8) is 0 Å². The number of carbonyl (C=O) groups excluding carboxylic acids is 1. The Balaban J connectivity index is 1.74. The molecule has 1 aliphatic rings. The number of aryl methyl sites for hydroxylation is 1. The summed E-state index contributed by atoms with van der Waals surface area (Å²) in [5, 5.41) is 0. The molecule has 0 bridgehead atoms. The maximum absolute atomic E-state index is 12.4. The zero-order valence-electron chi connectivity index (χ0n) is 12.1. The minimum absolute atomic E-state index is 0.167. The number of Topliss-reactive ketones (excluding diaryl/α,β-unsaturated/α-hetero) is 1. The third kappa shape index (κ3) is 3.84. The topological polar surface area (TPSA) is 17.1 Å². The van der Waals surface area contributed by atoms with E-state index in [-0.39, 0.29) is 26.5 Å². The van der Waals surface area contributed by atoms with Gasteiger partial charge in [0.25, 0.3) is 0 Å². The second kappa shape index (κ2) is 7.20. The van der Waals surface area contributed by atoms with E-state index in [4.69, 9.17) is 0 Å². The molecule has 0 radical (unpaired) electrons. The van der Waals surface area contributed by atoms with Crippen LogP contribution in [0.2, 0.25) is 0 Å². The van der Waals surface area contributed by atoms with Crippen molar-refractivity contribution < 1.29 is 4.79 Å². The highest BCUT2D eigenvalue weighted by Crippen LogP contribution is 2.29. The number of ketones is 1. The first kappa shape index (κ1) is 15.4. The molecule has 0 saturated carbocycles. The molecule has 0 saturated heterocycles. The largest absolute Gasteiger partial charge is 0.288 e. The summed E-state index contributed by atoms with van der Waals surface area (Å²) in [5.74, 6) is 0.167. The van der Waals surface area contributed by atoms with Crippen molar-refractivity contribution >= 4 is 42.3 Å². The summed E-state index contributed by atoms with van der Waals surface area (Å²) in [7, 11) is 0. The molecule has 0 unspecified atom stereocenters. The SMILES string of the molecule is Cc1ccc(Sc2ccc(C(=O)C3=CC=CC=I3)cc2)cc1. The molecule has 0 aliphatic carbocycles. The van der Waals surface area contributed by atoms with Crippen molar-refractivity contribution in [3.8, 4) is 0 Å². The number of benzene rings is 2. The summed E-state index contributed by atoms with van der Waals surface area (Å²) in [4.78, 5) is 14.8. The monoisotopic (exact) mass is 418 g/mol.